The molecule has 1 aromatic rings. The molecule has 0 fully saturated rings. The van der Waals surface area contributed by atoms with E-state index in [1.54, 1.807) is 0 Å². The van der Waals surface area contributed by atoms with Crippen LogP contribution in [0.4, 0.5) is 4.79 Å². The van der Waals surface area contributed by atoms with Gasteiger partial charge in [-0.1, -0.05) is 36.3 Å². The molecule has 0 saturated heterocycles. The fourth-order valence-corrected chi connectivity index (χ4v) is 1.53. The number of carbonyl (C=O) groups is 2. The summed E-state index contributed by atoms with van der Waals surface area (Å²) in [6.07, 6.45) is 4.40. The first-order chi connectivity index (χ1) is 10.2. The van der Waals surface area contributed by atoms with E-state index >= 15 is 0 Å². The Hall–Kier alpha value is -2.52. The zero-order chi connectivity index (χ0) is 15.5. The average molecular weight is 290 g/mol. The minimum Gasteiger partial charge on any atom is -0.467 e. The smallest absolute Gasteiger partial charge is 0.408 e. The van der Waals surface area contributed by atoms with Crippen molar-refractivity contribution in [2.45, 2.75) is 12.6 Å². The molecule has 0 spiro atoms. The Morgan fingerprint density at radius 2 is 2.05 bits per heavy atom. The first-order valence-corrected chi connectivity index (χ1v) is 6.36. The van der Waals surface area contributed by atoms with Gasteiger partial charge in [-0.2, -0.15) is 0 Å². The third-order valence-electron chi connectivity index (χ3n) is 2.57. The highest BCUT2D eigenvalue weighted by Crippen LogP contribution is 2.00. The second kappa shape index (κ2) is 9.39. The number of carbonyl (C=O) groups excluding carboxylic acids is 2. The maximum atomic E-state index is 11.7. The third-order valence-corrected chi connectivity index (χ3v) is 2.57. The van der Waals surface area contributed by atoms with E-state index in [0.717, 1.165) is 5.56 Å². The minimum atomic E-state index is -0.855. The Bertz CT molecular complexity index is 496. The number of nitrogens with one attached hydrogen (secondary N) is 2. The first kappa shape index (κ1) is 16.5. The molecule has 1 unspecified atom stereocenters. The maximum Gasteiger partial charge on any atom is 0.408 e. The van der Waals surface area contributed by atoms with E-state index in [4.69, 9.17) is 11.2 Å². The SMILES string of the molecule is C#CCNCC(NC(=O)OCc1ccccc1)C(=O)OC. The first-order valence-electron chi connectivity index (χ1n) is 6.36. The quantitative estimate of drug-likeness (QED) is 0.439. The highest BCUT2D eigenvalue weighted by Gasteiger charge is 2.21. The lowest BCUT2D eigenvalue weighted by Gasteiger charge is -2.16. The van der Waals surface area contributed by atoms with Gasteiger partial charge >= 0.3 is 12.1 Å². The van der Waals surface area contributed by atoms with Gasteiger partial charge in [-0.3, -0.25) is 0 Å². The van der Waals surface area contributed by atoms with Gasteiger partial charge in [0.25, 0.3) is 0 Å². The van der Waals surface area contributed by atoms with Gasteiger partial charge in [0.2, 0.25) is 0 Å². The summed E-state index contributed by atoms with van der Waals surface area (Å²) in [5.41, 5.74) is 0.854. The zero-order valence-corrected chi connectivity index (χ0v) is 11.8. The van der Waals surface area contributed by atoms with Crippen LogP contribution in [0.25, 0.3) is 0 Å². The molecule has 0 aliphatic heterocycles. The molecule has 6 heteroatoms. The van der Waals surface area contributed by atoms with Crippen LogP contribution in [0.2, 0.25) is 0 Å². The van der Waals surface area contributed by atoms with Gasteiger partial charge in [-0.15, -0.1) is 6.42 Å². The van der Waals surface area contributed by atoms with Crippen LogP contribution in [-0.4, -0.2) is 38.3 Å². The molecule has 1 amide bonds. The Kier molecular flexibility index (Phi) is 7.40. The molecule has 0 saturated carbocycles. The Labute approximate surface area is 123 Å². The van der Waals surface area contributed by atoms with Crippen molar-refractivity contribution in [1.29, 1.82) is 0 Å². The lowest BCUT2D eigenvalue weighted by atomic mass is 10.2. The summed E-state index contributed by atoms with van der Waals surface area (Å²) in [5, 5.41) is 5.25. The Morgan fingerprint density at radius 3 is 2.67 bits per heavy atom. The molecule has 0 aromatic heterocycles. The predicted octanol–water partition coefficient (Wildman–Crippen LogP) is 0.677. The number of methoxy groups -OCH3 is 1. The van der Waals surface area contributed by atoms with Gasteiger partial charge in [0.15, 0.2) is 0 Å². The van der Waals surface area contributed by atoms with E-state index in [1.165, 1.54) is 7.11 Å². The second-order valence-electron chi connectivity index (χ2n) is 4.12. The van der Waals surface area contributed by atoms with Gasteiger partial charge in [-0.25, -0.2) is 9.59 Å². The van der Waals surface area contributed by atoms with Crippen LogP contribution >= 0.6 is 0 Å². The molecule has 0 bridgehead atoms. The fourth-order valence-electron chi connectivity index (χ4n) is 1.53. The van der Waals surface area contributed by atoms with Crippen molar-refractivity contribution in [3.63, 3.8) is 0 Å². The van der Waals surface area contributed by atoms with Crippen LogP contribution in [0.1, 0.15) is 5.56 Å². The highest BCUT2D eigenvalue weighted by molar-refractivity contribution is 5.81. The van der Waals surface area contributed by atoms with E-state index < -0.39 is 18.1 Å². The van der Waals surface area contributed by atoms with Gasteiger partial charge in [0.05, 0.1) is 13.7 Å². The van der Waals surface area contributed by atoms with Crippen molar-refractivity contribution in [1.82, 2.24) is 10.6 Å². The van der Waals surface area contributed by atoms with E-state index in [0.29, 0.717) is 0 Å². The number of alkyl carbamates (subject to hydrolysis) is 1. The average Bonchev–Trinajstić information content (AvgIpc) is 2.52. The van der Waals surface area contributed by atoms with E-state index in [2.05, 4.69) is 21.3 Å². The van der Waals surface area contributed by atoms with Gasteiger partial charge in [0, 0.05) is 6.54 Å². The summed E-state index contributed by atoms with van der Waals surface area (Å²) in [6.45, 7) is 0.573. The number of terminal acetylenes is 1. The third kappa shape index (κ3) is 6.45. The molecule has 6 nitrogen and oxygen atoms in total. The molecule has 21 heavy (non-hydrogen) atoms. The molecule has 1 rings (SSSR count). The summed E-state index contributed by atoms with van der Waals surface area (Å²) in [6, 6.07) is 8.37. The van der Waals surface area contributed by atoms with Crippen LogP contribution in [-0.2, 0) is 20.9 Å². The van der Waals surface area contributed by atoms with Gasteiger partial charge < -0.3 is 20.1 Å². The molecule has 0 aliphatic rings. The molecule has 1 atom stereocenters. The van der Waals surface area contributed by atoms with Crippen molar-refractivity contribution in [2.24, 2.45) is 0 Å². The Balaban J connectivity index is 2.44. The molecule has 0 heterocycles. The molecular formula is C15H18N2O4. The van der Waals surface area contributed by atoms with E-state index in [1.807, 2.05) is 30.3 Å². The molecular weight excluding hydrogens is 272 g/mol. The topological polar surface area (TPSA) is 76.7 Å². The normalized spacial score (nSPS) is 11.0. The molecule has 0 radical (unpaired) electrons. The van der Waals surface area contributed by atoms with Gasteiger partial charge in [0.1, 0.15) is 12.6 Å². The minimum absolute atomic E-state index is 0.123. The summed E-state index contributed by atoms with van der Waals surface area (Å²) in [4.78, 5) is 23.2. The van der Waals surface area contributed by atoms with Crippen LogP contribution in [0, 0.1) is 12.3 Å². The van der Waals surface area contributed by atoms with Crippen LogP contribution in [0.15, 0.2) is 30.3 Å². The number of hydrogen-bond acceptors (Lipinski definition) is 5. The van der Waals surface area contributed by atoms with Crippen molar-refractivity contribution in [3.8, 4) is 12.3 Å². The molecule has 1 aromatic carbocycles. The Morgan fingerprint density at radius 1 is 1.33 bits per heavy atom. The van der Waals surface area contributed by atoms with Crippen molar-refractivity contribution in [3.05, 3.63) is 35.9 Å². The lowest BCUT2D eigenvalue weighted by molar-refractivity contribution is -0.142. The monoisotopic (exact) mass is 290 g/mol. The number of hydrogen-bond donors (Lipinski definition) is 2. The summed E-state index contributed by atoms with van der Waals surface area (Å²) >= 11 is 0. The molecule has 2 N–H and O–H groups in total. The number of ether oxygens (including phenoxy) is 2. The maximum absolute atomic E-state index is 11.7. The van der Waals surface area contributed by atoms with E-state index in [9.17, 15) is 9.59 Å². The summed E-state index contributed by atoms with van der Waals surface area (Å²) in [5.74, 6) is 1.80. The standard InChI is InChI=1S/C15H18N2O4/c1-3-9-16-10-13(14(18)20-2)17-15(19)21-11-12-7-5-4-6-8-12/h1,4-8,13,16H,9-11H2,2H3,(H,17,19). The molecule has 112 valence electrons. The number of amides is 1. The van der Waals surface area contributed by atoms with Gasteiger partial charge in [-0.05, 0) is 5.56 Å². The van der Waals surface area contributed by atoms with Crippen LogP contribution in [0.5, 0.6) is 0 Å². The highest BCUT2D eigenvalue weighted by atomic mass is 16.6. The lowest BCUT2D eigenvalue weighted by Crippen LogP contribution is -2.48. The zero-order valence-electron chi connectivity index (χ0n) is 11.8. The van der Waals surface area contributed by atoms with Crippen LogP contribution in [0.3, 0.4) is 0 Å². The van der Waals surface area contributed by atoms with Crippen molar-refractivity contribution < 1.29 is 19.1 Å². The number of esters is 1. The van der Waals surface area contributed by atoms with Crippen molar-refractivity contribution in [2.75, 3.05) is 20.2 Å². The summed E-state index contributed by atoms with van der Waals surface area (Å²) < 4.78 is 9.64. The second-order valence-corrected chi connectivity index (χ2v) is 4.12. The number of rotatable bonds is 7. The van der Waals surface area contributed by atoms with Crippen LogP contribution < -0.4 is 10.6 Å². The molecule has 0 aliphatic carbocycles. The largest absolute Gasteiger partial charge is 0.467 e. The van der Waals surface area contributed by atoms with Crippen molar-refractivity contribution >= 4 is 12.1 Å². The predicted molar refractivity (Wildman–Crippen MR) is 77.3 cm³/mol. The number of benzene rings is 1. The fraction of sp³-hybridized carbons (Fsp3) is 0.333. The summed E-state index contributed by atoms with van der Waals surface area (Å²) in [7, 11) is 1.24. The van der Waals surface area contributed by atoms with E-state index in [-0.39, 0.29) is 19.7 Å².